The monoisotopic (exact) mass is 638 g/mol. The number of halogens is 1. The molecule has 0 saturated carbocycles. The Morgan fingerprint density at radius 3 is 0.667 bits per heavy atom. The molecule has 0 bridgehead atoms. The Bertz CT molecular complexity index is 389. The minimum atomic E-state index is -1.41. The van der Waals surface area contributed by atoms with Crippen LogP contribution in [0.5, 0.6) is 0 Å². The number of hydrogen-bond donors (Lipinski definition) is 0. The van der Waals surface area contributed by atoms with Crippen molar-refractivity contribution in [3.63, 3.8) is 0 Å². The maximum atomic E-state index is 2.94. The van der Waals surface area contributed by atoms with Crippen LogP contribution >= 0.6 is 26.3 Å². The molecular weight excluding hydrogens is 566 g/mol. The van der Waals surface area contributed by atoms with Gasteiger partial charge in [-0.05, 0) is 0 Å². The van der Waals surface area contributed by atoms with Gasteiger partial charge in [0.05, 0.1) is 0 Å². The van der Waals surface area contributed by atoms with Crippen LogP contribution in [0.4, 0.5) is 0 Å². The second-order valence-corrected chi connectivity index (χ2v) is 29.0. The predicted molar refractivity (Wildman–Crippen MR) is 183 cm³/mol. The summed E-state index contributed by atoms with van der Waals surface area (Å²) in [4.78, 5) is 0. The molecule has 0 N–H and O–H groups in total. The van der Waals surface area contributed by atoms with Crippen molar-refractivity contribution in [3.05, 3.63) is 0 Å². The molecule has 0 radical (unpaired) electrons. The second kappa shape index (κ2) is 26.4. The van der Waals surface area contributed by atoms with Crippen LogP contribution < -0.4 is 0 Å². The fraction of sp³-hybridized carbons (Fsp3) is 1.00. The first-order valence-corrected chi connectivity index (χ1v) is 23.4. The third-order valence-electron chi connectivity index (χ3n) is 8.40. The Kier molecular flexibility index (Phi) is 27.2. The van der Waals surface area contributed by atoms with Crippen LogP contribution in [0.25, 0.3) is 0 Å². The van der Waals surface area contributed by atoms with E-state index in [2.05, 4.69) is 49.2 Å². The van der Waals surface area contributed by atoms with Crippen LogP contribution in [0.1, 0.15) is 194 Å². The standard InChI is InChI=1S/C34H72IP/c1-5-7-9-11-13-15-17-19-21-23-25-27-29-31-33-36(3,4,35)34-32-30-28-26-24-22-20-18-16-14-12-10-8-6-2/h5-34H2,1-4H3. The van der Waals surface area contributed by atoms with E-state index in [0.29, 0.717) is 0 Å². The van der Waals surface area contributed by atoms with Crippen molar-refractivity contribution < 1.29 is 0 Å². The Balaban J connectivity index is 3.43. The molecular formula is C34H72IP. The first-order valence-electron chi connectivity index (χ1n) is 17.1. The molecule has 0 fully saturated rings. The minimum absolute atomic E-state index is 1.37. The molecule has 0 aliphatic carbocycles. The van der Waals surface area contributed by atoms with Gasteiger partial charge in [0.2, 0.25) is 0 Å². The SMILES string of the molecule is CCCCCCCCCCCCCCCCP(C)(C)(I)CCCCCCCCCCCCCCCC. The first kappa shape index (κ1) is 37.2. The van der Waals surface area contributed by atoms with Crippen molar-refractivity contribution >= 4 is 26.3 Å². The molecule has 0 aromatic carbocycles. The van der Waals surface area contributed by atoms with E-state index < -0.39 is 4.25 Å². The van der Waals surface area contributed by atoms with Gasteiger partial charge in [-0.2, -0.15) is 0 Å². The van der Waals surface area contributed by atoms with Gasteiger partial charge in [0, 0.05) is 0 Å². The van der Waals surface area contributed by atoms with Gasteiger partial charge in [-0.3, -0.25) is 0 Å². The van der Waals surface area contributed by atoms with Crippen molar-refractivity contribution in [3.8, 4) is 0 Å². The molecule has 0 spiro atoms. The van der Waals surface area contributed by atoms with Gasteiger partial charge in [-0.25, -0.2) is 0 Å². The van der Waals surface area contributed by atoms with Crippen molar-refractivity contribution in [2.45, 2.75) is 194 Å². The van der Waals surface area contributed by atoms with Gasteiger partial charge >= 0.3 is 193 Å². The van der Waals surface area contributed by atoms with Gasteiger partial charge in [-0.1, -0.05) is 52.4 Å². The third kappa shape index (κ3) is 29.7. The summed E-state index contributed by atoms with van der Waals surface area (Å²) in [6, 6.07) is 0. The Hall–Kier alpha value is 1.16. The van der Waals surface area contributed by atoms with Crippen molar-refractivity contribution in [1.82, 2.24) is 0 Å². The van der Waals surface area contributed by atoms with Crippen LogP contribution in [-0.2, 0) is 0 Å². The molecule has 0 rings (SSSR count). The summed E-state index contributed by atoms with van der Waals surface area (Å²) >= 11 is 2.94. The molecule has 0 aliphatic rings. The summed E-state index contributed by atoms with van der Waals surface area (Å²) in [7, 11) is 0. The van der Waals surface area contributed by atoms with E-state index in [-0.39, 0.29) is 0 Å². The van der Waals surface area contributed by atoms with E-state index in [9.17, 15) is 0 Å². The molecule has 0 aromatic heterocycles. The Labute approximate surface area is 244 Å². The van der Waals surface area contributed by atoms with Crippen LogP contribution in [0, 0.1) is 0 Å². The molecule has 0 atom stereocenters. The summed E-state index contributed by atoms with van der Waals surface area (Å²) in [6.45, 7) is 9.95. The molecule has 0 saturated heterocycles. The van der Waals surface area contributed by atoms with Gasteiger partial charge < -0.3 is 0 Å². The molecule has 0 nitrogen and oxygen atoms in total. The van der Waals surface area contributed by atoms with Crippen LogP contribution in [0.3, 0.4) is 0 Å². The van der Waals surface area contributed by atoms with E-state index in [4.69, 9.17) is 0 Å². The molecule has 0 aliphatic heterocycles. The fourth-order valence-electron chi connectivity index (χ4n) is 5.70. The van der Waals surface area contributed by atoms with Crippen molar-refractivity contribution in [1.29, 1.82) is 0 Å². The van der Waals surface area contributed by atoms with E-state index in [1.807, 2.05) is 0 Å². The molecule has 0 heterocycles. The van der Waals surface area contributed by atoms with Gasteiger partial charge in [0.15, 0.2) is 0 Å². The van der Waals surface area contributed by atoms with E-state index in [1.54, 1.807) is 0 Å². The Morgan fingerprint density at radius 1 is 0.306 bits per heavy atom. The topological polar surface area (TPSA) is 0 Å². The molecule has 220 valence electrons. The summed E-state index contributed by atoms with van der Waals surface area (Å²) < 4.78 is -1.41. The maximum absolute atomic E-state index is 2.94. The molecule has 0 aromatic rings. The van der Waals surface area contributed by atoms with Gasteiger partial charge in [0.1, 0.15) is 0 Å². The minimum Gasteiger partial charge on any atom is -0.0654 e. The van der Waals surface area contributed by atoms with Crippen molar-refractivity contribution in [2.24, 2.45) is 0 Å². The molecule has 2 heteroatoms. The van der Waals surface area contributed by atoms with E-state index >= 15 is 0 Å². The third-order valence-corrected chi connectivity index (χ3v) is 14.7. The summed E-state index contributed by atoms with van der Waals surface area (Å²) in [5.74, 6) is 0. The normalized spacial score (nSPS) is 13.2. The number of rotatable bonds is 30. The second-order valence-electron chi connectivity index (χ2n) is 13.2. The average molecular weight is 639 g/mol. The first-order chi connectivity index (χ1) is 17.4. The predicted octanol–water partition coefficient (Wildman–Crippen LogP) is 14.1. The van der Waals surface area contributed by atoms with Crippen LogP contribution in [0.15, 0.2) is 0 Å². The zero-order valence-corrected chi connectivity index (χ0v) is 29.1. The molecule has 0 unspecified atom stereocenters. The average Bonchev–Trinajstić information content (AvgIpc) is 2.84. The van der Waals surface area contributed by atoms with E-state index in [0.717, 1.165) is 0 Å². The number of hydrogen-bond acceptors (Lipinski definition) is 0. The summed E-state index contributed by atoms with van der Waals surface area (Å²) in [5, 5.41) is 0. The van der Waals surface area contributed by atoms with Gasteiger partial charge in [-0.15, -0.1) is 0 Å². The van der Waals surface area contributed by atoms with Crippen LogP contribution in [-0.4, -0.2) is 25.7 Å². The van der Waals surface area contributed by atoms with Crippen LogP contribution in [0.2, 0.25) is 0 Å². The molecule has 0 amide bonds. The smallest absolute Gasteiger partial charge is 0.0654 e. The van der Waals surface area contributed by atoms with Crippen molar-refractivity contribution in [2.75, 3.05) is 25.7 Å². The zero-order chi connectivity index (χ0) is 26.7. The summed E-state index contributed by atoms with van der Waals surface area (Å²) in [6.07, 6.45) is 44.3. The van der Waals surface area contributed by atoms with E-state index in [1.165, 1.54) is 192 Å². The zero-order valence-electron chi connectivity index (χ0n) is 26.0. The molecule has 36 heavy (non-hydrogen) atoms. The summed E-state index contributed by atoms with van der Waals surface area (Å²) in [5.41, 5.74) is 0. The number of unbranched alkanes of at least 4 members (excludes halogenated alkanes) is 26. The fourth-order valence-corrected chi connectivity index (χ4v) is 10.4. The Morgan fingerprint density at radius 2 is 0.472 bits per heavy atom. The quantitative estimate of drug-likeness (QED) is 0.0417. The van der Waals surface area contributed by atoms with Gasteiger partial charge in [0.25, 0.3) is 0 Å².